The SMILES string of the molecule is Cc1ccc(C(=O)NCc2ccccc2CN2C[C@@H](C)O[C@H](C)C2)cn1. The van der Waals surface area contributed by atoms with Gasteiger partial charge in [0.1, 0.15) is 0 Å². The lowest BCUT2D eigenvalue weighted by molar-refractivity contribution is -0.0705. The topological polar surface area (TPSA) is 54.5 Å². The maximum atomic E-state index is 12.3. The molecule has 1 fully saturated rings. The van der Waals surface area contributed by atoms with Gasteiger partial charge in [0.2, 0.25) is 0 Å². The molecule has 1 aromatic heterocycles. The van der Waals surface area contributed by atoms with Crippen LogP contribution in [0, 0.1) is 6.92 Å². The van der Waals surface area contributed by atoms with E-state index in [4.69, 9.17) is 4.74 Å². The van der Waals surface area contributed by atoms with E-state index in [1.165, 1.54) is 5.56 Å². The van der Waals surface area contributed by atoms with E-state index in [1.807, 2.05) is 19.1 Å². The third-order valence-electron chi connectivity index (χ3n) is 4.62. The fourth-order valence-electron chi connectivity index (χ4n) is 3.42. The van der Waals surface area contributed by atoms with Crippen molar-refractivity contribution in [1.29, 1.82) is 0 Å². The standard InChI is InChI=1S/C21H27N3O2/c1-15-8-9-19(11-22-15)21(25)23-10-18-6-4-5-7-20(18)14-24-12-16(2)26-17(3)13-24/h4-9,11,16-17H,10,12-14H2,1-3H3,(H,23,25)/t16-,17-/m1/s1. The van der Waals surface area contributed by atoms with Crippen LogP contribution in [-0.4, -0.2) is 41.1 Å². The lowest BCUT2D eigenvalue weighted by Crippen LogP contribution is -2.45. The summed E-state index contributed by atoms with van der Waals surface area (Å²) >= 11 is 0. The fraction of sp³-hybridized carbons (Fsp3) is 0.429. The molecule has 2 heterocycles. The molecule has 0 spiro atoms. The molecular weight excluding hydrogens is 326 g/mol. The first-order valence-electron chi connectivity index (χ1n) is 9.16. The van der Waals surface area contributed by atoms with Crippen LogP contribution in [0.3, 0.4) is 0 Å². The second-order valence-electron chi connectivity index (χ2n) is 7.09. The molecule has 0 radical (unpaired) electrons. The summed E-state index contributed by atoms with van der Waals surface area (Å²) in [6.07, 6.45) is 2.12. The van der Waals surface area contributed by atoms with Crippen LogP contribution >= 0.6 is 0 Å². The molecule has 0 aliphatic carbocycles. The molecule has 3 rings (SSSR count). The number of amides is 1. The molecule has 1 aliphatic rings. The molecule has 26 heavy (non-hydrogen) atoms. The number of carbonyl (C=O) groups excluding carboxylic acids is 1. The molecule has 1 aliphatic heterocycles. The molecule has 1 aromatic carbocycles. The summed E-state index contributed by atoms with van der Waals surface area (Å²) in [5.41, 5.74) is 3.88. The molecule has 2 aromatic rings. The van der Waals surface area contributed by atoms with E-state index in [9.17, 15) is 4.79 Å². The number of rotatable bonds is 5. The van der Waals surface area contributed by atoms with Crippen molar-refractivity contribution in [3.8, 4) is 0 Å². The van der Waals surface area contributed by atoms with E-state index in [-0.39, 0.29) is 18.1 Å². The summed E-state index contributed by atoms with van der Waals surface area (Å²) in [6, 6.07) is 11.9. The molecular formula is C21H27N3O2. The molecule has 1 N–H and O–H groups in total. The van der Waals surface area contributed by atoms with Gasteiger partial charge in [-0.05, 0) is 44.0 Å². The third kappa shape index (κ3) is 4.90. The van der Waals surface area contributed by atoms with Crippen molar-refractivity contribution in [3.05, 3.63) is 65.0 Å². The number of ether oxygens (including phenoxy) is 1. The van der Waals surface area contributed by atoms with Gasteiger partial charge in [-0.1, -0.05) is 24.3 Å². The van der Waals surface area contributed by atoms with Crippen molar-refractivity contribution in [2.75, 3.05) is 13.1 Å². The van der Waals surface area contributed by atoms with Crippen LogP contribution in [0.25, 0.3) is 0 Å². The Hall–Kier alpha value is -2.24. The van der Waals surface area contributed by atoms with Gasteiger partial charge in [-0.25, -0.2) is 0 Å². The molecule has 0 unspecified atom stereocenters. The third-order valence-corrected chi connectivity index (χ3v) is 4.62. The second kappa shape index (κ2) is 8.43. The number of hydrogen-bond acceptors (Lipinski definition) is 4. The largest absolute Gasteiger partial charge is 0.373 e. The average Bonchev–Trinajstić information content (AvgIpc) is 2.60. The van der Waals surface area contributed by atoms with Gasteiger partial charge in [0.15, 0.2) is 0 Å². The van der Waals surface area contributed by atoms with Crippen molar-refractivity contribution in [3.63, 3.8) is 0 Å². The first kappa shape index (κ1) is 18.5. The Morgan fingerprint density at radius 3 is 2.50 bits per heavy atom. The van der Waals surface area contributed by atoms with Gasteiger partial charge in [-0.3, -0.25) is 14.7 Å². The highest BCUT2D eigenvalue weighted by Gasteiger charge is 2.22. The zero-order valence-electron chi connectivity index (χ0n) is 15.7. The number of morpholine rings is 1. The Labute approximate surface area is 155 Å². The van der Waals surface area contributed by atoms with Gasteiger partial charge in [0.05, 0.1) is 17.8 Å². The van der Waals surface area contributed by atoms with Crippen molar-refractivity contribution in [1.82, 2.24) is 15.2 Å². The van der Waals surface area contributed by atoms with Crippen LogP contribution in [-0.2, 0) is 17.8 Å². The van der Waals surface area contributed by atoms with Crippen LogP contribution in [0.1, 0.15) is 41.0 Å². The number of aromatic nitrogens is 1. The van der Waals surface area contributed by atoms with Gasteiger partial charge >= 0.3 is 0 Å². The van der Waals surface area contributed by atoms with Crippen LogP contribution in [0.15, 0.2) is 42.6 Å². The minimum atomic E-state index is -0.0964. The fourth-order valence-corrected chi connectivity index (χ4v) is 3.42. The molecule has 5 heteroatoms. The van der Waals surface area contributed by atoms with Gasteiger partial charge in [0, 0.05) is 38.1 Å². The van der Waals surface area contributed by atoms with E-state index < -0.39 is 0 Å². The number of aryl methyl sites for hydroxylation is 1. The van der Waals surface area contributed by atoms with Gasteiger partial charge < -0.3 is 10.1 Å². The molecule has 2 atom stereocenters. The van der Waals surface area contributed by atoms with Gasteiger partial charge in [-0.15, -0.1) is 0 Å². The van der Waals surface area contributed by atoms with Crippen LogP contribution < -0.4 is 5.32 Å². The molecule has 1 saturated heterocycles. The van der Waals surface area contributed by atoms with Crippen LogP contribution in [0.2, 0.25) is 0 Å². The van der Waals surface area contributed by atoms with Crippen LogP contribution in [0.5, 0.6) is 0 Å². The van der Waals surface area contributed by atoms with E-state index in [0.717, 1.165) is 30.9 Å². The predicted molar refractivity (Wildman–Crippen MR) is 102 cm³/mol. The van der Waals surface area contributed by atoms with E-state index >= 15 is 0 Å². The van der Waals surface area contributed by atoms with Crippen molar-refractivity contribution < 1.29 is 9.53 Å². The lowest BCUT2D eigenvalue weighted by atomic mass is 10.1. The summed E-state index contributed by atoms with van der Waals surface area (Å²) in [7, 11) is 0. The second-order valence-corrected chi connectivity index (χ2v) is 7.09. The van der Waals surface area contributed by atoms with Crippen molar-refractivity contribution >= 4 is 5.91 Å². The predicted octanol–water partition coefficient (Wildman–Crippen LogP) is 2.93. The minimum absolute atomic E-state index is 0.0964. The lowest BCUT2D eigenvalue weighted by Gasteiger charge is -2.35. The van der Waals surface area contributed by atoms with Crippen molar-refractivity contribution in [2.45, 2.75) is 46.1 Å². The maximum Gasteiger partial charge on any atom is 0.253 e. The monoisotopic (exact) mass is 353 g/mol. The smallest absolute Gasteiger partial charge is 0.253 e. The molecule has 0 saturated carbocycles. The number of hydrogen-bond donors (Lipinski definition) is 1. The number of nitrogens with zero attached hydrogens (tertiary/aromatic N) is 2. The first-order valence-corrected chi connectivity index (χ1v) is 9.16. The normalized spacial score (nSPS) is 20.7. The molecule has 1 amide bonds. The summed E-state index contributed by atoms with van der Waals surface area (Å²) in [5.74, 6) is -0.0964. The summed E-state index contributed by atoms with van der Waals surface area (Å²) in [5, 5.41) is 3.01. The summed E-state index contributed by atoms with van der Waals surface area (Å²) in [4.78, 5) is 18.9. The minimum Gasteiger partial charge on any atom is -0.373 e. The Kier molecular flexibility index (Phi) is 6.01. The van der Waals surface area contributed by atoms with E-state index in [2.05, 4.69) is 47.2 Å². The average molecular weight is 353 g/mol. The maximum absolute atomic E-state index is 12.3. The Balaban J connectivity index is 1.63. The molecule has 5 nitrogen and oxygen atoms in total. The summed E-state index contributed by atoms with van der Waals surface area (Å²) < 4.78 is 5.82. The van der Waals surface area contributed by atoms with Crippen molar-refractivity contribution in [2.24, 2.45) is 0 Å². The number of benzene rings is 1. The zero-order chi connectivity index (χ0) is 18.5. The Bertz CT molecular complexity index is 735. The van der Waals surface area contributed by atoms with Gasteiger partial charge in [0.25, 0.3) is 5.91 Å². The summed E-state index contributed by atoms with van der Waals surface area (Å²) in [6.45, 7) is 9.38. The van der Waals surface area contributed by atoms with E-state index in [0.29, 0.717) is 12.1 Å². The molecule has 0 bridgehead atoms. The zero-order valence-corrected chi connectivity index (χ0v) is 15.7. The number of nitrogens with one attached hydrogen (secondary N) is 1. The highest BCUT2D eigenvalue weighted by molar-refractivity contribution is 5.93. The highest BCUT2D eigenvalue weighted by atomic mass is 16.5. The molecule has 138 valence electrons. The highest BCUT2D eigenvalue weighted by Crippen LogP contribution is 2.17. The van der Waals surface area contributed by atoms with Crippen LogP contribution in [0.4, 0.5) is 0 Å². The Morgan fingerprint density at radius 1 is 1.15 bits per heavy atom. The first-order chi connectivity index (χ1) is 12.5. The van der Waals surface area contributed by atoms with E-state index in [1.54, 1.807) is 12.3 Å². The quantitative estimate of drug-likeness (QED) is 0.898. The number of pyridine rings is 1. The van der Waals surface area contributed by atoms with Gasteiger partial charge in [-0.2, -0.15) is 0 Å². The number of carbonyl (C=O) groups is 1. The Morgan fingerprint density at radius 2 is 1.85 bits per heavy atom.